The molecule has 1 unspecified atom stereocenters. The molecular weight excluding hydrogens is 347 g/mol. The van der Waals surface area contributed by atoms with E-state index >= 15 is 0 Å². The van der Waals surface area contributed by atoms with Gasteiger partial charge in [-0.1, -0.05) is 27.5 Å². The zero-order chi connectivity index (χ0) is 11.0. The zero-order valence-electron chi connectivity index (χ0n) is 7.58. The largest absolute Gasteiger partial charge is 0.294 e. The van der Waals surface area contributed by atoms with Crippen molar-refractivity contribution in [2.75, 3.05) is 11.4 Å². The molecule has 1 saturated heterocycles. The van der Waals surface area contributed by atoms with E-state index in [-0.39, 0.29) is 10.7 Å². The Kier molecular flexibility index (Phi) is 3.33. The van der Waals surface area contributed by atoms with Crippen molar-refractivity contribution in [1.82, 2.24) is 4.98 Å². The second kappa shape index (κ2) is 4.39. The first-order valence-electron chi connectivity index (χ1n) is 4.33. The lowest BCUT2D eigenvalue weighted by atomic mass is 10.4. The molecule has 0 bridgehead atoms. The van der Waals surface area contributed by atoms with Gasteiger partial charge >= 0.3 is 0 Å². The minimum atomic E-state index is 0.0496. The molecule has 0 spiro atoms. The molecule has 0 aliphatic carbocycles. The van der Waals surface area contributed by atoms with Crippen LogP contribution < -0.4 is 4.90 Å². The van der Waals surface area contributed by atoms with Gasteiger partial charge in [0.25, 0.3) is 0 Å². The Balaban J connectivity index is 2.34. The van der Waals surface area contributed by atoms with E-state index in [1.165, 1.54) is 0 Å². The van der Waals surface area contributed by atoms with E-state index in [4.69, 9.17) is 11.6 Å². The van der Waals surface area contributed by atoms with Crippen LogP contribution in [0.1, 0.15) is 6.42 Å². The molecule has 1 aromatic rings. The molecule has 3 nitrogen and oxygen atoms in total. The van der Waals surface area contributed by atoms with Gasteiger partial charge in [-0.15, -0.1) is 0 Å². The SMILES string of the molecule is O=C1CC(Br)CN1c1ncc(Br)cc1Cl. The molecule has 1 aromatic heterocycles. The molecule has 1 aliphatic rings. The molecule has 1 amide bonds. The van der Waals surface area contributed by atoms with Crippen LogP contribution in [-0.4, -0.2) is 22.3 Å². The Morgan fingerprint density at radius 3 is 2.87 bits per heavy atom. The number of nitrogens with zero attached hydrogens (tertiary/aromatic N) is 2. The van der Waals surface area contributed by atoms with Crippen molar-refractivity contribution >= 4 is 55.2 Å². The first-order valence-corrected chi connectivity index (χ1v) is 6.42. The number of aromatic nitrogens is 1. The van der Waals surface area contributed by atoms with Gasteiger partial charge in [0, 0.05) is 28.5 Å². The highest BCUT2D eigenvalue weighted by Crippen LogP contribution is 2.30. The lowest BCUT2D eigenvalue weighted by molar-refractivity contribution is -0.117. The van der Waals surface area contributed by atoms with Crippen LogP contribution in [0.25, 0.3) is 0 Å². The van der Waals surface area contributed by atoms with Crippen LogP contribution in [0, 0.1) is 0 Å². The molecule has 1 atom stereocenters. The first-order chi connectivity index (χ1) is 7.08. The van der Waals surface area contributed by atoms with Gasteiger partial charge in [-0.25, -0.2) is 4.98 Å². The molecular formula is C9H7Br2ClN2O. The molecule has 2 rings (SSSR count). The van der Waals surface area contributed by atoms with Crippen molar-refractivity contribution < 1.29 is 4.79 Å². The average molecular weight is 354 g/mol. The summed E-state index contributed by atoms with van der Waals surface area (Å²) < 4.78 is 0.804. The number of pyridine rings is 1. The van der Waals surface area contributed by atoms with Crippen molar-refractivity contribution in [3.63, 3.8) is 0 Å². The van der Waals surface area contributed by atoms with E-state index in [1.54, 1.807) is 17.2 Å². The topological polar surface area (TPSA) is 33.2 Å². The zero-order valence-corrected chi connectivity index (χ0v) is 11.5. The van der Waals surface area contributed by atoms with Crippen molar-refractivity contribution in [2.24, 2.45) is 0 Å². The smallest absolute Gasteiger partial charge is 0.229 e. The summed E-state index contributed by atoms with van der Waals surface area (Å²) >= 11 is 12.7. The molecule has 15 heavy (non-hydrogen) atoms. The van der Waals surface area contributed by atoms with Crippen molar-refractivity contribution in [3.05, 3.63) is 21.8 Å². The van der Waals surface area contributed by atoms with Crippen LogP contribution in [0.3, 0.4) is 0 Å². The molecule has 0 saturated carbocycles. The van der Waals surface area contributed by atoms with E-state index in [0.717, 1.165) is 4.47 Å². The standard InChI is InChI=1S/C9H7Br2ClN2O/c10-5-1-7(12)9(13-3-5)14-4-6(11)2-8(14)15/h1,3,6H,2,4H2. The summed E-state index contributed by atoms with van der Waals surface area (Å²) in [5, 5.41) is 0.485. The van der Waals surface area contributed by atoms with E-state index < -0.39 is 0 Å². The Morgan fingerprint density at radius 1 is 1.60 bits per heavy atom. The molecule has 1 fully saturated rings. The summed E-state index contributed by atoms with van der Waals surface area (Å²) in [7, 11) is 0. The van der Waals surface area contributed by atoms with Crippen LogP contribution in [0.5, 0.6) is 0 Å². The lowest BCUT2D eigenvalue weighted by Crippen LogP contribution is -2.25. The van der Waals surface area contributed by atoms with Crippen LogP contribution >= 0.6 is 43.5 Å². The summed E-state index contributed by atoms with van der Waals surface area (Å²) in [6, 6.07) is 1.73. The molecule has 0 aromatic carbocycles. The average Bonchev–Trinajstić information content (AvgIpc) is 2.45. The van der Waals surface area contributed by atoms with Crippen LogP contribution in [0.15, 0.2) is 16.7 Å². The molecule has 2 heterocycles. The summed E-state index contributed by atoms with van der Waals surface area (Å²) in [6.45, 7) is 0.618. The number of amides is 1. The van der Waals surface area contributed by atoms with Gasteiger partial charge < -0.3 is 0 Å². The molecule has 0 radical (unpaired) electrons. The summed E-state index contributed by atoms with van der Waals surface area (Å²) in [5.74, 6) is 0.584. The third-order valence-electron chi connectivity index (χ3n) is 2.12. The molecule has 1 aliphatic heterocycles. The minimum absolute atomic E-state index is 0.0496. The van der Waals surface area contributed by atoms with Crippen molar-refractivity contribution in [2.45, 2.75) is 11.2 Å². The van der Waals surface area contributed by atoms with Crippen molar-refractivity contribution in [3.8, 4) is 0 Å². The summed E-state index contributed by atoms with van der Waals surface area (Å²) in [6.07, 6.45) is 2.13. The first kappa shape index (κ1) is 11.4. The molecule has 6 heteroatoms. The molecule has 0 N–H and O–H groups in total. The monoisotopic (exact) mass is 352 g/mol. The maximum atomic E-state index is 11.6. The van der Waals surface area contributed by atoms with E-state index in [2.05, 4.69) is 36.8 Å². The van der Waals surface area contributed by atoms with Gasteiger partial charge in [0.05, 0.1) is 5.02 Å². The Labute approximate surface area is 109 Å². The van der Waals surface area contributed by atoms with E-state index in [9.17, 15) is 4.79 Å². The Bertz CT molecular complexity index is 413. The Hall–Kier alpha value is -0.130. The van der Waals surface area contributed by atoms with E-state index in [1.807, 2.05) is 0 Å². The maximum Gasteiger partial charge on any atom is 0.229 e. The van der Waals surface area contributed by atoms with Gasteiger partial charge in [0.2, 0.25) is 5.91 Å². The normalized spacial score (nSPS) is 21.1. The minimum Gasteiger partial charge on any atom is -0.294 e. The number of carbonyl (C=O) groups is 1. The van der Waals surface area contributed by atoms with Crippen LogP contribution in [0.2, 0.25) is 5.02 Å². The highest BCUT2D eigenvalue weighted by molar-refractivity contribution is 9.10. The number of hydrogen-bond donors (Lipinski definition) is 0. The number of rotatable bonds is 1. The highest BCUT2D eigenvalue weighted by atomic mass is 79.9. The molecule has 80 valence electrons. The fraction of sp³-hybridized carbons (Fsp3) is 0.333. The number of halogens is 3. The second-order valence-corrected chi connectivity index (χ2v) is 5.88. The number of alkyl halides is 1. The Morgan fingerprint density at radius 2 is 2.33 bits per heavy atom. The third kappa shape index (κ3) is 2.34. The number of carbonyl (C=O) groups excluding carboxylic acids is 1. The van der Waals surface area contributed by atoms with E-state index in [0.29, 0.717) is 23.8 Å². The van der Waals surface area contributed by atoms with Crippen LogP contribution in [-0.2, 0) is 4.79 Å². The van der Waals surface area contributed by atoms with Gasteiger partial charge in [0.1, 0.15) is 0 Å². The quantitative estimate of drug-likeness (QED) is 0.727. The van der Waals surface area contributed by atoms with Crippen LogP contribution in [0.4, 0.5) is 5.82 Å². The number of hydrogen-bond acceptors (Lipinski definition) is 2. The van der Waals surface area contributed by atoms with Crippen molar-refractivity contribution in [1.29, 1.82) is 0 Å². The number of anilines is 1. The van der Waals surface area contributed by atoms with Gasteiger partial charge in [-0.05, 0) is 22.0 Å². The summed E-state index contributed by atoms with van der Waals surface area (Å²) in [5.41, 5.74) is 0. The van der Waals surface area contributed by atoms with Gasteiger partial charge in [0.15, 0.2) is 5.82 Å². The predicted molar refractivity (Wildman–Crippen MR) is 66.6 cm³/mol. The fourth-order valence-corrected chi connectivity index (χ4v) is 2.77. The second-order valence-electron chi connectivity index (χ2n) is 3.26. The van der Waals surface area contributed by atoms with Gasteiger partial charge in [-0.2, -0.15) is 0 Å². The summed E-state index contributed by atoms with van der Waals surface area (Å²) in [4.78, 5) is 17.5. The highest BCUT2D eigenvalue weighted by Gasteiger charge is 2.30. The maximum absolute atomic E-state index is 11.6. The van der Waals surface area contributed by atoms with Gasteiger partial charge in [-0.3, -0.25) is 9.69 Å². The predicted octanol–water partition coefficient (Wildman–Crippen LogP) is 3.00. The lowest BCUT2D eigenvalue weighted by Gasteiger charge is -2.15. The third-order valence-corrected chi connectivity index (χ3v) is 3.45. The fourth-order valence-electron chi connectivity index (χ4n) is 1.47.